The largest absolute Gasteiger partial charge is 0.393 e. The van der Waals surface area contributed by atoms with Gasteiger partial charge in [-0.05, 0) is 19.3 Å². The van der Waals surface area contributed by atoms with E-state index >= 15 is 0 Å². The van der Waals surface area contributed by atoms with Crippen LogP contribution in [-0.4, -0.2) is 30.6 Å². The summed E-state index contributed by atoms with van der Waals surface area (Å²) in [6.07, 6.45) is 2.04. The predicted molar refractivity (Wildman–Crippen MR) is 44.2 cm³/mol. The minimum atomic E-state index is -2.35. The smallest absolute Gasteiger partial charge is 0.197 e. The highest BCUT2D eigenvalue weighted by atomic mass is 31.2. The van der Waals surface area contributed by atoms with E-state index in [0.717, 1.165) is 12.8 Å². The normalized spacial score (nSPS) is 32.6. The van der Waals surface area contributed by atoms with Gasteiger partial charge in [0.15, 0.2) is 7.37 Å². The van der Waals surface area contributed by atoms with Crippen molar-refractivity contribution in [3.63, 3.8) is 0 Å². The van der Waals surface area contributed by atoms with Gasteiger partial charge in [-0.2, -0.15) is 0 Å². The molecule has 0 aromatic carbocycles. The van der Waals surface area contributed by atoms with E-state index < -0.39 is 7.37 Å². The maximum Gasteiger partial charge on any atom is 0.197 e. The molecule has 1 rings (SSSR count). The van der Waals surface area contributed by atoms with Crippen LogP contribution in [0.3, 0.4) is 0 Å². The Kier molecular flexibility index (Phi) is 2.74. The van der Waals surface area contributed by atoms with E-state index in [9.17, 15) is 4.57 Å². The van der Waals surface area contributed by atoms with Crippen LogP contribution in [0.2, 0.25) is 0 Å². The Bertz CT molecular complexity index is 175. The molecule has 0 aliphatic heterocycles. The molecule has 4 heteroatoms. The monoisotopic (exact) mass is 178 g/mol. The maximum atomic E-state index is 11.2. The minimum Gasteiger partial charge on any atom is -0.393 e. The molecule has 1 aliphatic carbocycles. The summed E-state index contributed by atoms with van der Waals surface area (Å²) in [4.78, 5) is 0. The second-order valence-electron chi connectivity index (χ2n) is 3.45. The molecule has 1 aliphatic rings. The highest BCUT2D eigenvalue weighted by Crippen LogP contribution is 2.42. The summed E-state index contributed by atoms with van der Waals surface area (Å²) in [5.41, 5.74) is 0. The Morgan fingerprint density at radius 2 is 2.09 bits per heavy atom. The second kappa shape index (κ2) is 3.26. The molecule has 0 heterocycles. The molecule has 0 amide bonds. The molecular weight excluding hydrogens is 163 g/mol. The number of rotatable bonds is 2. The number of hydrogen-bond donors (Lipinski definition) is 1. The Morgan fingerprint density at radius 3 is 2.45 bits per heavy atom. The minimum absolute atomic E-state index is 0.0193. The molecule has 0 aromatic rings. The van der Waals surface area contributed by atoms with Crippen molar-refractivity contribution in [2.45, 2.75) is 31.5 Å². The first-order valence-corrected chi connectivity index (χ1v) is 6.41. The topological polar surface area (TPSA) is 46.5 Å². The molecule has 1 N–H and O–H groups in total. The molecule has 1 fully saturated rings. The van der Waals surface area contributed by atoms with Gasteiger partial charge in [-0.15, -0.1) is 0 Å². The quantitative estimate of drug-likeness (QED) is 0.651. The van der Waals surface area contributed by atoms with Gasteiger partial charge in [0, 0.05) is 13.3 Å². The first-order valence-electron chi connectivity index (χ1n) is 3.89. The van der Waals surface area contributed by atoms with E-state index in [-0.39, 0.29) is 12.2 Å². The summed E-state index contributed by atoms with van der Waals surface area (Å²) in [5, 5.41) is 9.13. The zero-order valence-electron chi connectivity index (χ0n) is 6.99. The van der Waals surface area contributed by atoms with E-state index in [1.807, 2.05) is 0 Å². The van der Waals surface area contributed by atoms with Crippen LogP contribution in [0.25, 0.3) is 0 Å². The summed E-state index contributed by atoms with van der Waals surface area (Å²) in [5.74, 6) is 0. The van der Waals surface area contributed by atoms with Crippen molar-refractivity contribution in [3.8, 4) is 0 Å². The van der Waals surface area contributed by atoms with Crippen LogP contribution in [0, 0.1) is 0 Å². The van der Waals surface area contributed by atoms with Gasteiger partial charge in [-0.25, -0.2) is 0 Å². The van der Waals surface area contributed by atoms with E-state index in [4.69, 9.17) is 9.63 Å². The lowest BCUT2D eigenvalue weighted by Crippen LogP contribution is -2.07. The van der Waals surface area contributed by atoms with Crippen molar-refractivity contribution in [2.75, 3.05) is 13.3 Å². The Morgan fingerprint density at radius 1 is 1.45 bits per heavy atom. The average Bonchev–Trinajstić information content (AvgIpc) is 2.10. The van der Waals surface area contributed by atoms with Gasteiger partial charge in [-0.3, -0.25) is 4.57 Å². The van der Waals surface area contributed by atoms with Crippen LogP contribution in [0.1, 0.15) is 19.3 Å². The van der Waals surface area contributed by atoms with Crippen LogP contribution in [-0.2, 0) is 9.09 Å². The second-order valence-corrected chi connectivity index (χ2v) is 6.16. The zero-order chi connectivity index (χ0) is 8.48. The highest BCUT2D eigenvalue weighted by Gasteiger charge is 2.26. The predicted octanol–water partition coefficient (Wildman–Crippen LogP) is 1.45. The van der Waals surface area contributed by atoms with Gasteiger partial charge in [0.25, 0.3) is 0 Å². The Labute approximate surface area is 67.2 Å². The third-order valence-electron chi connectivity index (χ3n) is 1.76. The summed E-state index contributed by atoms with van der Waals surface area (Å²) in [7, 11) is -2.35. The molecule has 3 nitrogen and oxygen atoms in total. The number of aliphatic hydroxyl groups is 1. The van der Waals surface area contributed by atoms with Gasteiger partial charge < -0.3 is 9.63 Å². The summed E-state index contributed by atoms with van der Waals surface area (Å²) in [6, 6.07) is 0. The average molecular weight is 178 g/mol. The van der Waals surface area contributed by atoms with Crippen LogP contribution >= 0.6 is 7.37 Å². The third kappa shape index (κ3) is 3.37. The summed E-state index contributed by atoms with van der Waals surface area (Å²) < 4.78 is 16.4. The third-order valence-corrected chi connectivity index (χ3v) is 2.57. The number of hydrogen-bond acceptors (Lipinski definition) is 3. The molecule has 0 saturated heterocycles. The van der Waals surface area contributed by atoms with Crippen molar-refractivity contribution >= 4 is 7.37 Å². The lowest BCUT2D eigenvalue weighted by atomic mass is 10.3. The van der Waals surface area contributed by atoms with Crippen molar-refractivity contribution in [1.82, 2.24) is 0 Å². The van der Waals surface area contributed by atoms with Crippen molar-refractivity contribution < 1.29 is 14.2 Å². The van der Waals surface area contributed by atoms with E-state index in [0.29, 0.717) is 6.42 Å². The van der Waals surface area contributed by atoms with Gasteiger partial charge in [0.1, 0.15) is 0 Å². The lowest BCUT2D eigenvalue weighted by molar-refractivity contribution is 0.152. The van der Waals surface area contributed by atoms with Gasteiger partial charge in [0.05, 0.1) is 12.2 Å². The summed E-state index contributed by atoms with van der Waals surface area (Å²) in [6.45, 7) is 3.22. The van der Waals surface area contributed by atoms with Crippen LogP contribution < -0.4 is 0 Å². The highest BCUT2D eigenvalue weighted by molar-refractivity contribution is 7.57. The first-order chi connectivity index (χ1) is 4.97. The molecule has 0 bridgehead atoms. The van der Waals surface area contributed by atoms with Crippen molar-refractivity contribution in [1.29, 1.82) is 0 Å². The maximum absolute atomic E-state index is 11.2. The van der Waals surface area contributed by atoms with Crippen LogP contribution in [0.5, 0.6) is 0 Å². The molecule has 0 radical (unpaired) electrons. The van der Waals surface area contributed by atoms with E-state index in [2.05, 4.69) is 0 Å². The fraction of sp³-hybridized carbons (Fsp3) is 1.00. The first kappa shape index (κ1) is 9.24. The van der Waals surface area contributed by atoms with Crippen LogP contribution in [0.4, 0.5) is 0 Å². The molecule has 2 unspecified atom stereocenters. The van der Waals surface area contributed by atoms with E-state index in [1.165, 1.54) is 0 Å². The van der Waals surface area contributed by atoms with Gasteiger partial charge >= 0.3 is 0 Å². The van der Waals surface area contributed by atoms with Crippen molar-refractivity contribution in [3.05, 3.63) is 0 Å². The van der Waals surface area contributed by atoms with Gasteiger partial charge in [-0.1, -0.05) is 0 Å². The lowest BCUT2D eigenvalue weighted by Gasteiger charge is -2.14. The summed E-state index contributed by atoms with van der Waals surface area (Å²) >= 11 is 0. The molecule has 0 spiro atoms. The zero-order valence-corrected chi connectivity index (χ0v) is 7.88. The van der Waals surface area contributed by atoms with E-state index in [1.54, 1.807) is 13.3 Å². The molecule has 2 atom stereocenters. The molecule has 0 aromatic heterocycles. The fourth-order valence-corrected chi connectivity index (χ4v) is 2.28. The standard InChI is InChI=1S/C7H15O3P/c1-11(2,9)10-7-4-3-6(8)5-7/h6-8H,3-5H2,1-2H3. The SMILES string of the molecule is CP(C)(=O)OC1CCC(O)C1. The molecule has 1 saturated carbocycles. The fourth-order valence-electron chi connectivity index (χ4n) is 1.37. The van der Waals surface area contributed by atoms with Gasteiger partial charge in [0.2, 0.25) is 0 Å². The molecular formula is C7H15O3P. The van der Waals surface area contributed by atoms with Crippen LogP contribution in [0.15, 0.2) is 0 Å². The van der Waals surface area contributed by atoms with Crippen molar-refractivity contribution in [2.24, 2.45) is 0 Å². The number of aliphatic hydroxyl groups excluding tert-OH is 1. The Hall–Kier alpha value is 0.150. The molecule has 11 heavy (non-hydrogen) atoms. The Balaban J connectivity index is 2.34. The molecule has 66 valence electrons.